The first-order chi connectivity index (χ1) is 11.5. The van der Waals surface area contributed by atoms with Crippen LogP contribution in [0.2, 0.25) is 0 Å². The molecule has 1 aliphatic carbocycles. The van der Waals surface area contributed by atoms with Crippen molar-refractivity contribution in [3.05, 3.63) is 36.5 Å². The Morgan fingerprint density at radius 1 is 1.21 bits per heavy atom. The smallest absolute Gasteiger partial charge is 0.303 e. The number of aliphatic carboxylic acids is 1. The molecule has 1 unspecified atom stereocenters. The number of allylic oxidation sites excluding steroid dienone is 4. The molecule has 0 aromatic carbocycles. The molecule has 1 saturated carbocycles. The summed E-state index contributed by atoms with van der Waals surface area (Å²) in [6.07, 6.45) is 17.1. The van der Waals surface area contributed by atoms with E-state index >= 15 is 0 Å². The molecule has 0 aromatic heterocycles. The fourth-order valence-corrected chi connectivity index (χ4v) is 3.14. The van der Waals surface area contributed by atoms with E-state index in [4.69, 9.17) is 5.11 Å². The third-order valence-corrected chi connectivity index (χ3v) is 4.54. The van der Waals surface area contributed by atoms with Crippen LogP contribution in [-0.4, -0.2) is 33.5 Å². The molecule has 136 valence electrons. The average molecular weight is 336 g/mol. The molecule has 0 spiro atoms. The van der Waals surface area contributed by atoms with Gasteiger partial charge in [0.2, 0.25) is 0 Å². The normalized spacial score (nSPS) is 26.0. The molecule has 0 bridgehead atoms. The molecule has 1 rings (SSSR count). The topological polar surface area (TPSA) is 77.8 Å². The van der Waals surface area contributed by atoms with Crippen LogP contribution in [0.1, 0.15) is 58.3 Å². The van der Waals surface area contributed by atoms with Crippen LogP contribution in [-0.2, 0) is 4.79 Å². The monoisotopic (exact) mass is 336 g/mol. The van der Waals surface area contributed by atoms with E-state index in [0.29, 0.717) is 18.8 Å². The molecule has 0 amide bonds. The molecule has 1 fully saturated rings. The number of hydrogen-bond donors (Lipinski definition) is 3. The van der Waals surface area contributed by atoms with Crippen molar-refractivity contribution in [2.45, 2.75) is 70.5 Å². The van der Waals surface area contributed by atoms with E-state index in [1.807, 2.05) is 24.3 Å². The number of carboxylic acid groups (broad SMARTS) is 1. The highest BCUT2D eigenvalue weighted by molar-refractivity contribution is 5.66. The van der Waals surface area contributed by atoms with Crippen molar-refractivity contribution in [1.29, 1.82) is 0 Å². The second-order valence-electron chi connectivity index (χ2n) is 6.53. The summed E-state index contributed by atoms with van der Waals surface area (Å²) in [6, 6.07) is 0. The summed E-state index contributed by atoms with van der Waals surface area (Å²) in [6.45, 7) is 2.07. The second kappa shape index (κ2) is 12.0. The molecule has 3 N–H and O–H groups in total. The Kier molecular flexibility index (Phi) is 10.4. The van der Waals surface area contributed by atoms with Crippen LogP contribution in [0.3, 0.4) is 0 Å². The van der Waals surface area contributed by atoms with E-state index in [1.165, 1.54) is 0 Å². The van der Waals surface area contributed by atoms with Gasteiger partial charge in [0.05, 0.1) is 12.2 Å². The SMILES string of the molecule is CCC=CCC(O)C=C[C@H]1CC[C@H](O)[C@@H]1CC=CCCCC(=O)O. The van der Waals surface area contributed by atoms with Gasteiger partial charge >= 0.3 is 5.97 Å². The van der Waals surface area contributed by atoms with E-state index < -0.39 is 12.1 Å². The molecule has 0 aliphatic heterocycles. The number of aliphatic hydroxyl groups excluding tert-OH is 2. The Morgan fingerprint density at radius 2 is 2.00 bits per heavy atom. The van der Waals surface area contributed by atoms with Crippen LogP contribution in [0, 0.1) is 11.8 Å². The lowest BCUT2D eigenvalue weighted by Crippen LogP contribution is -2.17. The maximum atomic E-state index is 10.4. The van der Waals surface area contributed by atoms with E-state index in [1.54, 1.807) is 0 Å². The number of rotatable bonds is 11. The Morgan fingerprint density at radius 3 is 2.71 bits per heavy atom. The zero-order valence-corrected chi connectivity index (χ0v) is 14.7. The third-order valence-electron chi connectivity index (χ3n) is 4.54. The minimum absolute atomic E-state index is 0.190. The van der Waals surface area contributed by atoms with Crippen LogP contribution in [0.5, 0.6) is 0 Å². The largest absolute Gasteiger partial charge is 0.481 e. The first-order valence-electron chi connectivity index (χ1n) is 9.10. The lowest BCUT2D eigenvalue weighted by molar-refractivity contribution is -0.137. The second-order valence-corrected chi connectivity index (χ2v) is 6.53. The van der Waals surface area contributed by atoms with Crippen molar-refractivity contribution < 1.29 is 20.1 Å². The molecule has 1 aliphatic rings. The fourth-order valence-electron chi connectivity index (χ4n) is 3.14. The Balaban J connectivity index is 2.39. The van der Waals surface area contributed by atoms with Crippen molar-refractivity contribution in [3.63, 3.8) is 0 Å². The van der Waals surface area contributed by atoms with Crippen LogP contribution < -0.4 is 0 Å². The molecule has 4 heteroatoms. The van der Waals surface area contributed by atoms with Crippen LogP contribution in [0.25, 0.3) is 0 Å². The van der Waals surface area contributed by atoms with Crippen molar-refractivity contribution in [2.24, 2.45) is 11.8 Å². The van der Waals surface area contributed by atoms with Gasteiger partial charge in [-0.2, -0.15) is 0 Å². The third kappa shape index (κ3) is 8.46. The van der Waals surface area contributed by atoms with Gasteiger partial charge in [-0.1, -0.05) is 43.4 Å². The van der Waals surface area contributed by atoms with Crippen LogP contribution in [0.4, 0.5) is 0 Å². The maximum Gasteiger partial charge on any atom is 0.303 e. The number of carboxylic acids is 1. The summed E-state index contributed by atoms with van der Waals surface area (Å²) < 4.78 is 0. The molecule has 4 nitrogen and oxygen atoms in total. The van der Waals surface area contributed by atoms with E-state index in [2.05, 4.69) is 19.1 Å². The Hall–Kier alpha value is -1.39. The van der Waals surface area contributed by atoms with Gasteiger partial charge < -0.3 is 15.3 Å². The van der Waals surface area contributed by atoms with Gasteiger partial charge in [0.1, 0.15) is 0 Å². The number of unbranched alkanes of at least 4 members (excludes halogenated alkanes) is 1. The highest BCUT2D eigenvalue weighted by atomic mass is 16.4. The lowest BCUT2D eigenvalue weighted by atomic mass is 9.90. The van der Waals surface area contributed by atoms with Crippen molar-refractivity contribution in [3.8, 4) is 0 Å². The van der Waals surface area contributed by atoms with Gasteiger partial charge in [-0.3, -0.25) is 4.79 Å². The van der Waals surface area contributed by atoms with Crippen LogP contribution >= 0.6 is 0 Å². The summed E-state index contributed by atoms with van der Waals surface area (Å²) in [5, 5.41) is 28.7. The predicted molar refractivity (Wildman–Crippen MR) is 96.7 cm³/mol. The standard InChI is InChI=1S/C20H32O4/c1-2-3-6-9-17(21)14-12-16-13-15-19(22)18(16)10-7-4-5-8-11-20(23)24/h3-4,6-7,12,14,16-19,21-22H,2,5,8-11,13,15H2,1H3,(H,23,24)/t16-,17?,18+,19-/m0/s1. The molecule has 0 radical (unpaired) electrons. The Labute approximate surface area is 145 Å². The van der Waals surface area contributed by atoms with Gasteiger partial charge in [-0.25, -0.2) is 0 Å². The van der Waals surface area contributed by atoms with E-state index in [9.17, 15) is 15.0 Å². The summed E-state index contributed by atoms with van der Waals surface area (Å²) in [5.74, 6) is -0.268. The number of carbonyl (C=O) groups is 1. The van der Waals surface area contributed by atoms with Gasteiger partial charge in [-0.05, 0) is 56.8 Å². The highest BCUT2D eigenvalue weighted by Gasteiger charge is 2.32. The molecule has 24 heavy (non-hydrogen) atoms. The maximum absolute atomic E-state index is 10.4. The summed E-state index contributed by atoms with van der Waals surface area (Å²) in [7, 11) is 0. The Bertz CT molecular complexity index is 439. The summed E-state index contributed by atoms with van der Waals surface area (Å²) in [4.78, 5) is 10.4. The van der Waals surface area contributed by atoms with Gasteiger partial charge in [0.15, 0.2) is 0 Å². The summed E-state index contributed by atoms with van der Waals surface area (Å²) >= 11 is 0. The lowest BCUT2D eigenvalue weighted by Gasteiger charge is -2.18. The molecule has 0 aromatic rings. The van der Waals surface area contributed by atoms with E-state index in [0.717, 1.165) is 32.1 Å². The highest BCUT2D eigenvalue weighted by Crippen LogP contribution is 2.36. The quantitative estimate of drug-likeness (QED) is 0.396. The number of hydrogen-bond acceptors (Lipinski definition) is 3. The molecular formula is C20H32O4. The zero-order valence-electron chi connectivity index (χ0n) is 14.7. The fraction of sp³-hybridized carbons (Fsp3) is 0.650. The number of aliphatic hydroxyl groups is 2. The van der Waals surface area contributed by atoms with Gasteiger partial charge in [0.25, 0.3) is 0 Å². The minimum atomic E-state index is -0.757. The van der Waals surface area contributed by atoms with Crippen LogP contribution in [0.15, 0.2) is 36.5 Å². The first kappa shape index (κ1) is 20.7. The minimum Gasteiger partial charge on any atom is -0.481 e. The predicted octanol–water partition coefficient (Wildman–Crippen LogP) is 3.85. The van der Waals surface area contributed by atoms with Crippen molar-refractivity contribution in [2.75, 3.05) is 0 Å². The van der Waals surface area contributed by atoms with Gasteiger partial charge in [-0.15, -0.1) is 0 Å². The van der Waals surface area contributed by atoms with E-state index in [-0.39, 0.29) is 18.4 Å². The van der Waals surface area contributed by atoms with Crippen molar-refractivity contribution >= 4 is 5.97 Å². The van der Waals surface area contributed by atoms with Gasteiger partial charge in [0, 0.05) is 6.42 Å². The molecule has 0 saturated heterocycles. The van der Waals surface area contributed by atoms with Crippen molar-refractivity contribution in [1.82, 2.24) is 0 Å². The molecular weight excluding hydrogens is 304 g/mol. The zero-order chi connectivity index (χ0) is 17.8. The molecule has 0 heterocycles. The summed E-state index contributed by atoms with van der Waals surface area (Å²) in [5.41, 5.74) is 0. The first-order valence-corrected chi connectivity index (χ1v) is 9.10. The average Bonchev–Trinajstić information content (AvgIpc) is 2.89. The molecule has 4 atom stereocenters.